The molecule has 3 heterocycles. The topological polar surface area (TPSA) is 62.5 Å². The molecule has 0 spiro atoms. The minimum Gasteiger partial charge on any atom is -0.363 e. The zero-order valence-electron chi connectivity index (χ0n) is 15.5. The minimum absolute atomic E-state index is 0.154. The first-order valence-electron chi connectivity index (χ1n) is 8.78. The Morgan fingerprint density at radius 1 is 1.40 bits per heavy atom. The minimum atomic E-state index is 0.154. The molecular formula is C19H26N4O2. The molecule has 6 nitrogen and oxygen atoms in total. The van der Waals surface area contributed by atoms with Gasteiger partial charge in [0.1, 0.15) is 11.6 Å². The van der Waals surface area contributed by atoms with Crippen LogP contribution in [0.5, 0.6) is 0 Å². The smallest absolute Gasteiger partial charge is 0.227 e. The summed E-state index contributed by atoms with van der Waals surface area (Å²) in [5.41, 5.74) is 2.99. The molecule has 134 valence electrons. The van der Waals surface area contributed by atoms with Gasteiger partial charge in [0.15, 0.2) is 0 Å². The highest BCUT2D eigenvalue weighted by atomic mass is 16.5. The Hall–Kier alpha value is -2.37. The second kappa shape index (κ2) is 7.25. The van der Waals surface area contributed by atoms with E-state index >= 15 is 0 Å². The Bertz CT molecular complexity index is 734. The van der Waals surface area contributed by atoms with Gasteiger partial charge < -0.3 is 14.3 Å². The largest absolute Gasteiger partial charge is 0.363 e. The molecule has 1 atom stereocenters. The average Bonchev–Trinajstić information content (AvgIpc) is 2.94. The predicted molar refractivity (Wildman–Crippen MR) is 96.8 cm³/mol. The van der Waals surface area contributed by atoms with Crippen LogP contribution in [0.15, 0.2) is 22.9 Å². The highest BCUT2D eigenvalue weighted by Crippen LogP contribution is 2.29. The molecule has 1 saturated heterocycles. The van der Waals surface area contributed by atoms with Gasteiger partial charge in [0.25, 0.3) is 0 Å². The summed E-state index contributed by atoms with van der Waals surface area (Å²) < 4.78 is 5.18. The zero-order chi connectivity index (χ0) is 18.0. The molecule has 0 radical (unpaired) electrons. The van der Waals surface area contributed by atoms with E-state index in [0.29, 0.717) is 12.3 Å². The molecule has 1 aliphatic rings. The number of hydrogen-bond donors (Lipinski definition) is 0. The van der Waals surface area contributed by atoms with Crippen LogP contribution in [0.3, 0.4) is 0 Å². The lowest BCUT2D eigenvalue weighted by molar-refractivity contribution is -0.131. The van der Waals surface area contributed by atoms with Gasteiger partial charge in [0.2, 0.25) is 5.91 Å². The third-order valence-corrected chi connectivity index (χ3v) is 4.98. The van der Waals surface area contributed by atoms with E-state index in [-0.39, 0.29) is 5.91 Å². The van der Waals surface area contributed by atoms with Gasteiger partial charge in [-0.3, -0.25) is 4.79 Å². The van der Waals surface area contributed by atoms with E-state index in [0.717, 1.165) is 48.8 Å². The summed E-state index contributed by atoms with van der Waals surface area (Å²) in [6, 6.07) is 4.20. The van der Waals surface area contributed by atoms with Crippen molar-refractivity contribution in [3.05, 3.63) is 40.9 Å². The van der Waals surface area contributed by atoms with Crippen molar-refractivity contribution in [2.24, 2.45) is 0 Å². The number of anilines is 1. The van der Waals surface area contributed by atoms with Crippen molar-refractivity contribution in [2.75, 3.05) is 32.1 Å². The maximum atomic E-state index is 12.8. The van der Waals surface area contributed by atoms with Crippen molar-refractivity contribution in [3.63, 3.8) is 0 Å². The van der Waals surface area contributed by atoms with Gasteiger partial charge in [-0.05, 0) is 44.4 Å². The maximum absolute atomic E-state index is 12.8. The van der Waals surface area contributed by atoms with E-state index in [2.05, 4.69) is 22.3 Å². The van der Waals surface area contributed by atoms with Crippen molar-refractivity contribution in [1.82, 2.24) is 15.0 Å². The number of aromatic nitrogens is 2. The molecule has 25 heavy (non-hydrogen) atoms. The lowest BCUT2D eigenvalue weighted by atomic mass is 9.90. The third kappa shape index (κ3) is 3.83. The summed E-state index contributed by atoms with van der Waals surface area (Å²) in [5.74, 6) is 2.21. The molecule has 1 amide bonds. The van der Waals surface area contributed by atoms with Crippen LogP contribution in [0.25, 0.3) is 0 Å². The van der Waals surface area contributed by atoms with Crippen LogP contribution in [0.4, 0.5) is 5.82 Å². The summed E-state index contributed by atoms with van der Waals surface area (Å²) in [4.78, 5) is 21.1. The third-order valence-electron chi connectivity index (χ3n) is 4.98. The van der Waals surface area contributed by atoms with Crippen LogP contribution < -0.4 is 4.90 Å². The number of aryl methyl sites for hydroxylation is 2. The lowest BCUT2D eigenvalue weighted by Crippen LogP contribution is -2.40. The zero-order valence-corrected chi connectivity index (χ0v) is 15.5. The van der Waals surface area contributed by atoms with Crippen LogP contribution in [-0.4, -0.2) is 48.1 Å². The summed E-state index contributed by atoms with van der Waals surface area (Å²) in [6.45, 7) is 5.34. The van der Waals surface area contributed by atoms with Gasteiger partial charge in [0, 0.05) is 44.9 Å². The van der Waals surface area contributed by atoms with Gasteiger partial charge in [0.05, 0.1) is 12.1 Å². The van der Waals surface area contributed by atoms with Crippen molar-refractivity contribution < 1.29 is 9.32 Å². The van der Waals surface area contributed by atoms with Crippen molar-refractivity contribution in [2.45, 2.75) is 39.0 Å². The average molecular weight is 342 g/mol. The number of likely N-dealkylation sites (tertiary alicyclic amines) is 1. The number of amides is 1. The van der Waals surface area contributed by atoms with Crippen LogP contribution in [0, 0.1) is 13.8 Å². The molecule has 0 aromatic carbocycles. The first kappa shape index (κ1) is 17.5. The second-order valence-electron chi connectivity index (χ2n) is 7.00. The first-order chi connectivity index (χ1) is 12.0. The van der Waals surface area contributed by atoms with Gasteiger partial charge in [-0.15, -0.1) is 0 Å². The first-order valence-corrected chi connectivity index (χ1v) is 8.78. The number of carbonyl (C=O) groups excluding carboxylic acids is 1. The highest BCUT2D eigenvalue weighted by molar-refractivity contribution is 5.79. The number of nitrogens with zero attached hydrogens (tertiary/aromatic N) is 4. The Morgan fingerprint density at radius 3 is 2.88 bits per heavy atom. The molecule has 0 bridgehead atoms. The van der Waals surface area contributed by atoms with Gasteiger partial charge in [-0.2, -0.15) is 0 Å². The molecule has 0 unspecified atom stereocenters. The van der Waals surface area contributed by atoms with Gasteiger partial charge >= 0.3 is 0 Å². The van der Waals surface area contributed by atoms with Crippen LogP contribution >= 0.6 is 0 Å². The predicted octanol–water partition coefficient (Wildman–Crippen LogP) is 2.70. The van der Waals surface area contributed by atoms with E-state index in [1.165, 1.54) is 5.56 Å². The molecule has 1 aliphatic heterocycles. The monoisotopic (exact) mass is 342 g/mol. The highest BCUT2D eigenvalue weighted by Gasteiger charge is 2.26. The SMILES string of the molecule is Cc1noc(C)c1CC(=O)N1CCC[C@H](c2ccnc(N(C)C)c2)C1. The van der Waals surface area contributed by atoms with Crippen LogP contribution in [0.1, 0.15) is 41.3 Å². The number of pyridine rings is 1. The Morgan fingerprint density at radius 2 is 2.20 bits per heavy atom. The molecule has 0 N–H and O–H groups in total. The Kier molecular flexibility index (Phi) is 5.06. The molecule has 3 rings (SSSR count). The molecule has 0 aliphatic carbocycles. The standard InChI is InChI=1S/C19H26N4O2/c1-13-17(14(2)25-21-13)11-19(24)23-9-5-6-16(12-23)15-7-8-20-18(10-15)22(3)4/h7-8,10,16H,5-6,9,11-12H2,1-4H3/t16-/m0/s1. The summed E-state index contributed by atoms with van der Waals surface area (Å²) in [5, 5.41) is 3.95. The van der Waals surface area contributed by atoms with E-state index in [1.807, 2.05) is 43.9 Å². The summed E-state index contributed by atoms with van der Waals surface area (Å²) >= 11 is 0. The Labute approximate surface area is 148 Å². The van der Waals surface area contributed by atoms with E-state index in [4.69, 9.17) is 4.52 Å². The molecule has 2 aromatic heterocycles. The van der Waals surface area contributed by atoms with Crippen LogP contribution in [0.2, 0.25) is 0 Å². The fraction of sp³-hybridized carbons (Fsp3) is 0.526. The maximum Gasteiger partial charge on any atom is 0.227 e. The lowest BCUT2D eigenvalue weighted by Gasteiger charge is -2.33. The molecule has 2 aromatic rings. The van der Waals surface area contributed by atoms with Crippen molar-refractivity contribution in [3.8, 4) is 0 Å². The second-order valence-corrected chi connectivity index (χ2v) is 7.00. The molecule has 0 saturated carbocycles. The van der Waals surface area contributed by atoms with E-state index in [9.17, 15) is 4.79 Å². The molecule has 6 heteroatoms. The summed E-state index contributed by atoms with van der Waals surface area (Å²) in [6.07, 6.45) is 4.35. The fourth-order valence-corrected chi connectivity index (χ4v) is 3.43. The number of rotatable bonds is 4. The Balaban J connectivity index is 1.70. The summed E-state index contributed by atoms with van der Waals surface area (Å²) in [7, 11) is 3.98. The normalized spacial score (nSPS) is 17.6. The van der Waals surface area contributed by atoms with E-state index < -0.39 is 0 Å². The van der Waals surface area contributed by atoms with Gasteiger partial charge in [-0.1, -0.05) is 5.16 Å². The van der Waals surface area contributed by atoms with E-state index in [1.54, 1.807) is 0 Å². The number of piperidine rings is 1. The van der Waals surface area contributed by atoms with Gasteiger partial charge in [-0.25, -0.2) is 4.98 Å². The van der Waals surface area contributed by atoms with Crippen molar-refractivity contribution in [1.29, 1.82) is 0 Å². The number of carbonyl (C=O) groups is 1. The van der Waals surface area contributed by atoms with Crippen LogP contribution in [-0.2, 0) is 11.2 Å². The molecular weight excluding hydrogens is 316 g/mol. The van der Waals surface area contributed by atoms with Crippen molar-refractivity contribution >= 4 is 11.7 Å². The quantitative estimate of drug-likeness (QED) is 0.855. The number of hydrogen-bond acceptors (Lipinski definition) is 5. The molecule has 1 fully saturated rings. The fourth-order valence-electron chi connectivity index (χ4n) is 3.43.